The Hall–Kier alpha value is -2.70. The van der Waals surface area contributed by atoms with Crippen molar-refractivity contribution in [2.24, 2.45) is 0 Å². The fourth-order valence-electron chi connectivity index (χ4n) is 4.12. The Labute approximate surface area is 191 Å². The number of hydrogen-bond acceptors (Lipinski definition) is 6. The first-order valence-electron chi connectivity index (χ1n) is 10.5. The average Bonchev–Trinajstić information content (AvgIpc) is 3.19. The van der Waals surface area contributed by atoms with Crippen molar-refractivity contribution in [1.82, 2.24) is 15.0 Å². The molecule has 0 amide bonds. The monoisotopic (exact) mass is 449 g/mol. The highest BCUT2D eigenvalue weighted by molar-refractivity contribution is 7.22. The van der Waals surface area contributed by atoms with Crippen molar-refractivity contribution in [3.8, 4) is 0 Å². The Morgan fingerprint density at radius 3 is 2.42 bits per heavy atom. The van der Waals surface area contributed by atoms with Gasteiger partial charge in [-0.3, -0.25) is 0 Å². The second-order valence-electron chi connectivity index (χ2n) is 7.90. The predicted molar refractivity (Wildman–Crippen MR) is 130 cm³/mol. The van der Waals surface area contributed by atoms with Crippen molar-refractivity contribution in [3.63, 3.8) is 0 Å². The molecular weight excluding hydrogens is 426 g/mol. The third-order valence-electron chi connectivity index (χ3n) is 5.72. The maximum Gasteiger partial charge on any atom is 0.186 e. The molecule has 0 bridgehead atoms. The molecule has 1 fully saturated rings. The van der Waals surface area contributed by atoms with E-state index in [4.69, 9.17) is 21.6 Å². The van der Waals surface area contributed by atoms with Crippen LogP contribution in [-0.2, 0) is 6.42 Å². The molecule has 158 valence electrons. The Balaban J connectivity index is 1.37. The van der Waals surface area contributed by atoms with Crippen molar-refractivity contribution in [2.75, 3.05) is 36.0 Å². The van der Waals surface area contributed by atoms with Gasteiger partial charge in [-0.05, 0) is 37.6 Å². The quantitative estimate of drug-likeness (QED) is 0.424. The van der Waals surface area contributed by atoms with Gasteiger partial charge in [-0.25, -0.2) is 15.0 Å². The van der Waals surface area contributed by atoms with Gasteiger partial charge in [-0.1, -0.05) is 53.3 Å². The van der Waals surface area contributed by atoms with Gasteiger partial charge in [-0.15, -0.1) is 0 Å². The minimum Gasteiger partial charge on any atom is -0.353 e. The fraction of sp³-hybridized carbons (Fsp3) is 0.292. The van der Waals surface area contributed by atoms with Crippen molar-refractivity contribution in [1.29, 1.82) is 0 Å². The molecule has 4 aromatic rings. The van der Waals surface area contributed by atoms with Crippen molar-refractivity contribution >= 4 is 44.1 Å². The Bertz CT molecular complexity index is 1220. The molecule has 3 heterocycles. The molecule has 7 heteroatoms. The number of halogens is 1. The second kappa shape index (κ2) is 8.44. The molecule has 5 rings (SSSR count). The molecule has 0 radical (unpaired) electrons. The normalized spacial score (nSPS) is 14.4. The summed E-state index contributed by atoms with van der Waals surface area (Å²) in [5, 5.41) is 1.82. The first-order valence-corrected chi connectivity index (χ1v) is 11.7. The SMILES string of the molecule is Cc1nc(C)c(Cc2ccccc2)c(N2CCN(c3nc4ccc(Cl)cc4s3)CC2)n1. The lowest BCUT2D eigenvalue weighted by molar-refractivity contribution is 0.641. The zero-order chi connectivity index (χ0) is 21.4. The van der Waals surface area contributed by atoms with Crippen LogP contribution >= 0.6 is 22.9 Å². The summed E-state index contributed by atoms with van der Waals surface area (Å²) in [5.74, 6) is 1.90. The molecule has 1 aliphatic rings. The van der Waals surface area contributed by atoms with E-state index in [9.17, 15) is 0 Å². The topological polar surface area (TPSA) is 45.2 Å². The highest BCUT2D eigenvalue weighted by Crippen LogP contribution is 2.32. The van der Waals surface area contributed by atoms with Crippen LogP contribution in [0.2, 0.25) is 5.02 Å². The molecular formula is C24H24ClN5S. The zero-order valence-electron chi connectivity index (χ0n) is 17.7. The summed E-state index contributed by atoms with van der Waals surface area (Å²) in [6.07, 6.45) is 0.848. The number of fused-ring (bicyclic) bond motifs is 1. The number of anilines is 2. The van der Waals surface area contributed by atoms with Crippen molar-refractivity contribution in [2.45, 2.75) is 20.3 Å². The summed E-state index contributed by atoms with van der Waals surface area (Å²) in [4.78, 5) is 19.1. The van der Waals surface area contributed by atoms with Crippen LogP contribution in [-0.4, -0.2) is 41.1 Å². The molecule has 2 aromatic heterocycles. The number of aromatic nitrogens is 3. The summed E-state index contributed by atoms with van der Waals surface area (Å²) in [7, 11) is 0. The number of benzene rings is 2. The molecule has 0 unspecified atom stereocenters. The van der Waals surface area contributed by atoms with Gasteiger partial charge in [0.05, 0.1) is 10.2 Å². The molecule has 31 heavy (non-hydrogen) atoms. The third-order valence-corrected chi connectivity index (χ3v) is 7.03. The summed E-state index contributed by atoms with van der Waals surface area (Å²) in [6.45, 7) is 7.73. The van der Waals surface area contributed by atoms with E-state index >= 15 is 0 Å². The van der Waals surface area contributed by atoms with Gasteiger partial charge >= 0.3 is 0 Å². The Kier molecular flexibility index (Phi) is 5.50. The molecule has 2 aromatic carbocycles. The molecule has 5 nitrogen and oxygen atoms in total. The summed E-state index contributed by atoms with van der Waals surface area (Å²) >= 11 is 7.86. The van der Waals surface area contributed by atoms with E-state index in [0.717, 1.165) is 70.3 Å². The fourth-order valence-corrected chi connectivity index (χ4v) is 5.41. The largest absolute Gasteiger partial charge is 0.353 e. The number of hydrogen-bond donors (Lipinski definition) is 0. The van der Waals surface area contributed by atoms with Crippen LogP contribution in [0.3, 0.4) is 0 Å². The summed E-state index contributed by atoms with van der Waals surface area (Å²) in [6, 6.07) is 16.5. The highest BCUT2D eigenvalue weighted by atomic mass is 35.5. The minimum absolute atomic E-state index is 0.757. The number of nitrogens with zero attached hydrogens (tertiary/aromatic N) is 5. The van der Waals surface area contributed by atoms with Crippen molar-refractivity contribution in [3.05, 3.63) is 76.2 Å². The van der Waals surface area contributed by atoms with E-state index in [0.29, 0.717) is 0 Å². The zero-order valence-corrected chi connectivity index (χ0v) is 19.2. The number of piperazine rings is 1. The van der Waals surface area contributed by atoms with Crippen LogP contribution in [0.15, 0.2) is 48.5 Å². The Morgan fingerprint density at radius 1 is 0.903 bits per heavy atom. The predicted octanol–water partition coefficient (Wildman–Crippen LogP) is 5.27. The highest BCUT2D eigenvalue weighted by Gasteiger charge is 2.24. The molecule has 0 atom stereocenters. The van der Waals surface area contributed by atoms with Gasteiger partial charge in [0, 0.05) is 48.9 Å². The lowest BCUT2D eigenvalue weighted by Gasteiger charge is -2.36. The number of aryl methyl sites for hydroxylation is 2. The molecule has 0 aliphatic carbocycles. The van der Waals surface area contributed by atoms with Crippen LogP contribution < -0.4 is 9.80 Å². The van der Waals surface area contributed by atoms with Crippen LogP contribution in [0.1, 0.15) is 22.6 Å². The van der Waals surface area contributed by atoms with Gasteiger partial charge in [0.1, 0.15) is 11.6 Å². The first-order chi connectivity index (χ1) is 15.1. The van der Waals surface area contributed by atoms with E-state index in [1.165, 1.54) is 11.1 Å². The van der Waals surface area contributed by atoms with Crippen LogP contribution in [0.4, 0.5) is 10.9 Å². The maximum absolute atomic E-state index is 6.15. The van der Waals surface area contributed by atoms with Crippen molar-refractivity contribution < 1.29 is 0 Å². The van der Waals surface area contributed by atoms with Gasteiger partial charge < -0.3 is 9.80 Å². The van der Waals surface area contributed by atoms with Crippen LogP contribution in [0.25, 0.3) is 10.2 Å². The third kappa shape index (κ3) is 4.23. The van der Waals surface area contributed by atoms with E-state index < -0.39 is 0 Å². The van der Waals surface area contributed by atoms with E-state index in [1.807, 2.05) is 25.1 Å². The van der Waals surface area contributed by atoms with E-state index in [-0.39, 0.29) is 0 Å². The minimum atomic E-state index is 0.757. The molecule has 0 spiro atoms. The maximum atomic E-state index is 6.15. The number of rotatable bonds is 4. The van der Waals surface area contributed by atoms with Gasteiger partial charge in [0.2, 0.25) is 0 Å². The lowest BCUT2D eigenvalue weighted by Crippen LogP contribution is -2.47. The lowest BCUT2D eigenvalue weighted by atomic mass is 10.0. The standard InChI is InChI=1S/C24H24ClN5S/c1-16-20(14-18-6-4-3-5-7-18)23(27-17(2)26-16)29-10-12-30(13-11-29)24-28-21-9-8-19(25)15-22(21)31-24/h3-9,15H,10-14H2,1-2H3. The second-order valence-corrected chi connectivity index (χ2v) is 9.35. The van der Waals surface area contributed by atoms with Crippen LogP contribution in [0, 0.1) is 13.8 Å². The van der Waals surface area contributed by atoms with Gasteiger partial charge in [0.25, 0.3) is 0 Å². The van der Waals surface area contributed by atoms with E-state index in [2.05, 4.69) is 52.0 Å². The Morgan fingerprint density at radius 2 is 1.65 bits per heavy atom. The molecule has 1 aliphatic heterocycles. The summed E-state index contributed by atoms with van der Waals surface area (Å²) < 4.78 is 1.14. The number of thiazole rings is 1. The molecule has 1 saturated heterocycles. The van der Waals surface area contributed by atoms with Gasteiger partial charge in [0.15, 0.2) is 5.13 Å². The average molecular weight is 450 g/mol. The van der Waals surface area contributed by atoms with Gasteiger partial charge in [-0.2, -0.15) is 0 Å². The molecule has 0 saturated carbocycles. The smallest absolute Gasteiger partial charge is 0.186 e. The molecule has 0 N–H and O–H groups in total. The summed E-state index contributed by atoms with van der Waals surface area (Å²) in [5.41, 5.74) is 4.59. The van der Waals surface area contributed by atoms with Crippen LogP contribution in [0.5, 0.6) is 0 Å². The first kappa shape index (κ1) is 20.2. The van der Waals surface area contributed by atoms with E-state index in [1.54, 1.807) is 11.3 Å².